The highest BCUT2D eigenvalue weighted by Crippen LogP contribution is 2.05. The van der Waals surface area contributed by atoms with E-state index in [0.717, 1.165) is 11.1 Å². The van der Waals surface area contributed by atoms with Gasteiger partial charge >= 0.3 is 0 Å². The number of benzene rings is 1. The summed E-state index contributed by atoms with van der Waals surface area (Å²) in [5.41, 5.74) is 1.89. The molecule has 0 saturated heterocycles. The molecule has 1 aromatic rings. The van der Waals surface area contributed by atoms with Crippen molar-refractivity contribution < 1.29 is 0 Å². The summed E-state index contributed by atoms with van der Waals surface area (Å²) in [6.45, 7) is 0. The second-order valence-corrected chi connectivity index (χ2v) is 2.46. The molecular formula is C10H6ClN. The van der Waals surface area contributed by atoms with E-state index in [9.17, 15) is 0 Å². The van der Waals surface area contributed by atoms with Crippen LogP contribution >= 0.6 is 11.6 Å². The molecule has 58 valence electrons. The Labute approximate surface area is 76.6 Å². The normalized spacial score (nSPS) is 8.00. The Kier molecular flexibility index (Phi) is 3.20. The molecule has 0 fully saturated rings. The van der Waals surface area contributed by atoms with Crippen LogP contribution in [0, 0.1) is 23.2 Å². The Bertz CT molecular complexity index is 348. The molecule has 0 bridgehead atoms. The lowest BCUT2D eigenvalue weighted by molar-refractivity contribution is 1.40. The molecule has 0 radical (unpaired) electrons. The van der Waals surface area contributed by atoms with Crippen LogP contribution in [0.25, 0.3) is 0 Å². The van der Waals surface area contributed by atoms with Crippen LogP contribution in [0.5, 0.6) is 0 Å². The summed E-state index contributed by atoms with van der Waals surface area (Å²) in [4.78, 5) is 0. The van der Waals surface area contributed by atoms with Crippen LogP contribution in [0.2, 0.25) is 0 Å². The Morgan fingerprint density at radius 1 is 1.25 bits per heavy atom. The molecule has 0 aliphatic carbocycles. The van der Waals surface area contributed by atoms with Crippen molar-refractivity contribution in [2.45, 2.75) is 5.88 Å². The second kappa shape index (κ2) is 4.44. The summed E-state index contributed by atoms with van der Waals surface area (Å²) < 4.78 is 0. The Balaban J connectivity index is 2.87. The van der Waals surface area contributed by atoms with Gasteiger partial charge in [0.05, 0.1) is 0 Å². The number of nitrogens with zero attached hydrogens (tertiary/aromatic N) is 1. The van der Waals surface area contributed by atoms with Crippen molar-refractivity contribution in [2.24, 2.45) is 0 Å². The van der Waals surface area contributed by atoms with Gasteiger partial charge in [-0.1, -0.05) is 18.1 Å². The summed E-state index contributed by atoms with van der Waals surface area (Å²) in [6, 6.07) is 9.25. The molecule has 1 aromatic carbocycles. The Morgan fingerprint density at radius 3 is 2.42 bits per heavy atom. The quantitative estimate of drug-likeness (QED) is 0.475. The summed E-state index contributed by atoms with van der Waals surface area (Å²) in [6.07, 6.45) is 0. The first-order valence-corrected chi connectivity index (χ1v) is 3.95. The van der Waals surface area contributed by atoms with Gasteiger partial charge in [0.25, 0.3) is 0 Å². The number of halogens is 1. The van der Waals surface area contributed by atoms with E-state index < -0.39 is 0 Å². The van der Waals surface area contributed by atoms with Crippen molar-refractivity contribution in [3.63, 3.8) is 0 Å². The minimum absolute atomic E-state index is 0.506. The zero-order valence-corrected chi connectivity index (χ0v) is 7.10. The largest absolute Gasteiger partial charge is 0.183 e. The van der Waals surface area contributed by atoms with Crippen LogP contribution in [0.1, 0.15) is 11.1 Å². The lowest BCUT2D eigenvalue weighted by Gasteiger charge is -1.93. The van der Waals surface area contributed by atoms with Crippen LogP contribution in [0.4, 0.5) is 0 Å². The average Bonchev–Trinajstić information content (AvgIpc) is 2.15. The van der Waals surface area contributed by atoms with E-state index >= 15 is 0 Å². The third kappa shape index (κ3) is 2.31. The zero-order valence-electron chi connectivity index (χ0n) is 6.34. The number of nitriles is 1. The number of hydrogen-bond acceptors (Lipinski definition) is 1. The minimum Gasteiger partial charge on any atom is -0.183 e. The zero-order chi connectivity index (χ0) is 8.81. The molecule has 0 saturated carbocycles. The second-order valence-electron chi connectivity index (χ2n) is 2.19. The van der Waals surface area contributed by atoms with Gasteiger partial charge in [-0.25, -0.2) is 0 Å². The summed E-state index contributed by atoms with van der Waals surface area (Å²) in [7, 11) is 0. The van der Waals surface area contributed by atoms with Crippen LogP contribution in [-0.4, -0.2) is 0 Å². The van der Waals surface area contributed by atoms with Gasteiger partial charge in [-0.15, -0.1) is 11.6 Å². The van der Waals surface area contributed by atoms with Crippen molar-refractivity contribution in [3.8, 4) is 17.9 Å². The Morgan fingerprint density at radius 2 is 1.92 bits per heavy atom. The molecule has 0 aliphatic heterocycles. The maximum Gasteiger partial charge on any atom is 0.152 e. The van der Waals surface area contributed by atoms with Gasteiger partial charge in [-0.05, 0) is 17.7 Å². The molecule has 0 unspecified atom stereocenters. The molecule has 2 heteroatoms. The molecular weight excluding hydrogens is 170 g/mol. The molecule has 0 aliphatic rings. The number of hydrogen-bond donors (Lipinski definition) is 0. The summed E-state index contributed by atoms with van der Waals surface area (Å²) in [5, 5.41) is 8.18. The van der Waals surface area contributed by atoms with E-state index in [1.807, 2.05) is 24.3 Å². The predicted octanol–water partition coefficient (Wildman–Crippen LogP) is 2.30. The highest BCUT2D eigenvalue weighted by Gasteiger charge is 1.88. The van der Waals surface area contributed by atoms with Crippen molar-refractivity contribution >= 4 is 11.6 Å². The smallest absolute Gasteiger partial charge is 0.152 e. The summed E-state index contributed by atoms with van der Waals surface area (Å²) >= 11 is 5.60. The standard InChI is InChI=1S/C10H6ClN/c11-8-10-5-3-9(4-6-10)2-1-7-12/h3-6H,8H2. The fourth-order valence-electron chi connectivity index (χ4n) is 0.777. The molecule has 0 aromatic heterocycles. The fourth-order valence-corrected chi connectivity index (χ4v) is 0.955. The molecule has 0 N–H and O–H groups in total. The molecule has 0 atom stereocenters. The molecule has 0 heterocycles. The van der Waals surface area contributed by atoms with Crippen LogP contribution in [-0.2, 0) is 5.88 Å². The topological polar surface area (TPSA) is 23.8 Å². The van der Waals surface area contributed by atoms with Gasteiger partial charge in [-0.3, -0.25) is 0 Å². The highest BCUT2D eigenvalue weighted by molar-refractivity contribution is 6.17. The number of rotatable bonds is 1. The van der Waals surface area contributed by atoms with Crippen molar-refractivity contribution in [3.05, 3.63) is 35.4 Å². The van der Waals surface area contributed by atoms with E-state index in [4.69, 9.17) is 16.9 Å². The predicted molar refractivity (Wildman–Crippen MR) is 48.5 cm³/mol. The number of alkyl halides is 1. The van der Waals surface area contributed by atoms with Gasteiger partial charge in [0.1, 0.15) is 0 Å². The van der Waals surface area contributed by atoms with Gasteiger partial charge in [0.2, 0.25) is 0 Å². The molecule has 0 amide bonds. The van der Waals surface area contributed by atoms with Crippen LogP contribution < -0.4 is 0 Å². The average molecular weight is 176 g/mol. The third-order valence-electron chi connectivity index (χ3n) is 1.37. The lowest BCUT2D eigenvalue weighted by atomic mass is 10.1. The molecule has 1 rings (SSSR count). The van der Waals surface area contributed by atoms with Crippen LogP contribution in [0.15, 0.2) is 24.3 Å². The first kappa shape index (κ1) is 8.65. The maximum atomic E-state index is 8.18. The fraction of sp³-hybridized carbons (Fsp3) is 0.100. The lowest BCUT2D eigenvalue weighted by Crippen LogP contribution is -1.77. The van der Waals surface area contributed by atoms with Gasteiger partial charge in [-0.2, -0.15) is 5.26 Å². The van der Waals surface area contributed by atoms with Gasteiger partial charge < -0.3 is 0 Å². The van der Waals surface area contributed by atoms with E-state index in [2.05, 4.69) is 11.8 Å². The summed E-state index contributed by atoms with van der Waals surface area (Å²) in [5.74, 6) is 5.52. The monoisotopic (exact) mass is 175 g/mol. The van der Waals surface area contributed by atoms with Crippen molar-refractivity contribution in [1.82, 2.24) is 0 Å². The third-order valence-corrected chi connectivity index (χ3v) is 1.68. The highest BCUT2D eigenvalue weighted by atomic mass is 35.5. The Hall–Kier alpha value is -1.44. The van der Waals surface area contributed by atoms with Crippen LogP contribution in [0.3, 0.4) is 0 Å². The van der Waals surface area contributed by atoms with Gasteiger partial charge in [0, 0.05) is 17.4 Å². The first-order valence-electron chi connectivity index (χ1n) is 3.42. The van der Waals surface area contributed by atoms with E-state index in [0.29, 0.717) is 5.88 Å². The first-order chi connectivity index (χ1) is 5.86. The van der Waals surface area contributed by atoms with E-state index in [1.165, 1.54) is 0 Å². The molecule has 12 heavy (non-hydrogen) atoms. The van der Waals surface area contributed by atoms with Crippen molar-refractivity contribution in [2.75, 3.05) is 0 Å². The van der Waals surface area contributed by atoms with Crippen molar-refractivity contribution in [1.29, 1.82) is 5.26 Å². The SMILES string of the molecule is N#CC#Cc1ccc(CCl)cc1. The maximum absolute atomic E-state index is 8.18. The molecule has 0 spiro atoms. The van der Waals surface area contributed by atoms with Gasteiger partial charge in [0.15, 0.2) is 6.07 Å². The molecule has 1 nitrogen and oxygen atoms in total. The van der Waals surface area contributed by atoms with E-state index in [1.54, 1.807) is 6.07 Å². The minimum atomic E-state index is 0.506. The van der Waals surface area contributed by atoms with E-state index in [-0.39, 0.29) is 0 Å².